The highest BCUT2D eigenvalue weighted by atomic mass is 35.5. The van der Waals surface area contributed by atoms with E-state index in [2.05, 4.69) is 15.5 Å². The van der Waals surface area contributed by atoms with Crippen molar-refractivity contribution in [3.8, 4) is 0 Å². The molecule has 0 aliphatic heterocycles. The van der Waals surface area contributed by atoms with Gasteiger partial charge in [0.2, 0.25) is 5.91 Å². The van der Waals surface area contributed by atoms with Crippen molar-refractivity contribution in [3.63, 3.8) is 0 Å². The quantitative estimate of drug-likeness (QED) is 0.468. The summed E-state index contributed by atoms with van der Waals surface area (Å²) < 4.78 is 42.0. The molecule has 1 N–H and O–H groups in total. The fourth-order valence-electron chi connectivity index (χ4n) is 3.41. The summed E-state index contributed by atoms with van der Waals surface area (Å²) in [5.74, 6) is 0.0998. The van der Waals surface area contributed by atoms with E-state index < -0.39 is 11.9 Å². The first-order chi connectivity index (χ1) is 15.1. The second-order valence-electron chi connectivity index (χ2n) is 7.82. The number of carbonyl (C=O) groups excluding carboxylic acids is 1. The summed E-state index contributed by atoms with van der Waals surface area (Å²) in [7, 11) is 0. The molecule has 0 spiro atoms. The maximum atomic E-state index is 13.0. The van der Waals surface area contributed by atoms with E-state index in [-0.39, 0.29) is 24.8 Å². The van der Waals surface area contributed by atoms with Gasteiger partial charge in [-0.2, -0.15) is 23.4 Å². The van der Waals surface area contributed by atoms with Gasteiger partial charge in [-0.1, -0.05) is 29.3 Å². The molecule has 1 aliphatic carbocycles. The predicted octanol–water partition coefficient (Wildman–Crippen LogP) is 5.67. The number of aryl methyl sites for hydroxylation is 2. The van der Waals surface area contributed by atoms with Crippen LogP contribution in [0.25, 0.3) is 0 Å². The maximum Gasteiger partial charge on any atom is 0.435 e. The Hall–Kier alpha value is -2.52. The van der Waals surface area contributed by atoms with Gasteiger partial charge in [0, 0.05) is 36.3 Å². The van der Waals surface area contributed by atoms with Crippen molar-refractivity contribution in [1.29, 1.82) is 0 Å². The lowest BCUT2D eigenvalue weighted by Crippen LogP contribution is -2.17. The first-order valence-electron chi connectivity index (χ1n) is 10.0. The molecule has 0 bridgehead atoms. The molecule has 6 nitrogen and oxygen atoms in total. The largest absolute Gasteiger partial charge is 0.435 e. The summed E-state index contributed by atoms with van der Waals surface area (Å²) in [6.07, 6.45) is -2.84. The highest BCUT2D eigenvalue weighted by Crippen LogP contribution is 2.42. The Morgan fingerprint density at radius 1 is 1.12 bits per heavy atom. The Kier molecular flexibility index (Phi) is 6.22. The molecule has 2 heterocycles. The second kappa shape index (κ2) is 8.78. The van der Waals surface area contributed by atoms with E-state index in [9.17, 15) is 18.0 Å². The Morgan fingerprint density at radius 3 is 2.53 bits per heavy atom. The zero-order chi connectivity index (χ0) is 23.0. The van der Waals surface area contributed by atoms with E-state index >= 15 is 0 Å². The standard InChI is InChI=1S/C21H20Cl2F3N5O/c1-12-8-19(29-31(12)11-13-2-5-15(22)16(23)9-13)27-20(32)6-7-30-17(14-3-4-14)10-18(28-30)21(24,25)26/h2,5,8-10,14H,3-4,6-7,11H2,1H3,(H,27,29,32). The maximum absolute atomic E-state index is 13.0. The van der Waals surface area contributed by atoms with Gasteiger partial charge in [-0.05, 0) is 43.5 Å². The Bertz CT molecular complexity index is 1150. The van der Waals surface area contributed by atoms with Gasteiger partial charge in [0.15, 0.2) is 11.5 Å². The van der Waals surface area contributed by atoms with Crippen LogP contribution in [0.1, 0.15) is 47.8 Å². The third kappa shape index (κ3) is 5.27. The fourth-order valence-corrected chi connectivity index (χ4v) is 3.73. The first-order valence-corrected chi connectivity index (χ1v) is 10.8. The van der Waals surface area contributed by atoms with Crippen molar-refractivity contribution in [2.45, 2.75) is 51.4 Å². The molecule has 1 fully saturated rings. The van der Waals surface area contributed by atoms with Crippen LogP contribution in [0, 0.1) is 6.92 Å². The Morgan fingerprint density at radius 2 is 1.88 bits per heavy atom. The Balaban J connectivity index is 1.38. The monoisotopic (exact) mass is 485 g/mol. The lowest BCUT2D eigenvalue weighted by molar-refractivity contribution is -0.141. The minimum Gasteiger partial charge on any atom is -0.309 e. The average molecular weight is 486 g/mol. The minimum absolute atomic E-state index is 0.0165. The summed E-state index contributed by atoms with van der Waals surface area (Å²) in [6.45, 7) is 2.36. The predicted molar refractivity (Wildman–Crippen MR) is 115 cm³/mol. The van der Waals surface area contributed by atoms with Gasteiger partial charge in [-0.3, -0.25) is 14.2 Å². The third-order valence-electron chi connectivity index (χ3n) is 5.21. The highest BCUT2D eigenvalue weighted by Gasteiger charge is 2.37. The highest BCUT2D eigenvalue weighted by molar-refractivity contribution is 6.42. The van der Waals surface area contributed by atoms with Gasteiger partial charge in [0.05, 0.1) is 16.6 Å². The van der Waals surface area contributed by atoms with Crippen molar-refractivity contribution in [1.82, 2.24) is 19.6 Å². The van der Waals surface area contributed by atoms with Crippen molar-refractivity contribution >= 4 is 34.9 Å². The summed E-state index contributed by atoms with van der Waals surface area (Å²) >= 11 is 12.0. The number of rotatable bonds is 7. The number of carbonyl (C=O) groups is 1. The molecule has 0 saturated heterocycles. The topological polar surface area (TPSA) is 64.7 Å². The summed E-state index contributed by atoms with van der Waals surface area (Å²) in [5.41, 5.74) is 1.34. The van der Waals surface area contributed by atoms with Gasteiger partial charge in [-0.25, -0.2) is 0 Å². The number of benzene rings is 1. The molecule has 2 aromatic heterocycles. The van der Waals surface area contributed by atoms with Crippen molar-refractivity contribution < 1.29 is 18.0 Å². The summed E-state index contributed by atoms with van der Waals surface area (Å²) in [4.78, 5) is 12.4. The molecule has 0 unspecified atom stereocenters. The van der Waals surface area contributed by atoms with Crippen molar-refractivity contribution in [2.75, 3.05) is 5.32 Å². The molecule has 4 rings (SSSR count). The first kappa shape index (κ1) is 22.7. The van der Waals surface area contributed by atoms with Crippen molar-refractivity contribution in [2.24, 2.45) is 0 Å². The van der Waals surface area contributed by atoms with E-state index in [1.807, 2.05) is 13.0 Å². The molecule has 11 heteroatoms. The molecule has 1 aromatic carbocycles. The van der Waals surface area contributed by atoms with Crippen LogP contribution in [0.2, 0.25) is 10.0 Å². The van der Waals surface area contributed by atoms with Gasteiger partial charge < -0.3 is 5.32 Å². The van der Waals surface area contributed by atoms with E-state index in [0.29, 0.717) is 28.1 Å². The number of nitrogens with one attached hydrogen (secondary N) is 1. The number of halogens is 5. The van der Waals surface area contributed by atoms with Crippen LogP contribution in [-0.4, -0.2) is 25.5 Å². The van der Waals surface area contributed by atoms with Crippen LogP contribution < -0.4 is 5.32 Å². The van der Waals surface area contributed by atoms with E-state index in [1.165, 1.54) is 4.68 Å². The van der Waals surface area contributed by atoms with Gasteiger partial charge >= 0.3 is 6.18 Å². The molecular weight excluding hydrogens is 466 g/mol. The number of hydrogen-bond donors (Lipinski definition) is 1. The normalized spacial score (nSPS) is 14.1. The molecule has 1 saturated carbocycles. The van der Waals surface area contributed by atoms with Crippen LogP contribution >= 0.6 is 23.2 Å². The molecule has 1 amide bonds. The molecule has 0 radical (unpaired) electrons. The van der Waals surface area contributed by atoms with Gasteiger partial charge in [0.25, 0.3) is 0 Å². The lowest BCUT2D eigenvalue weighted by Gasteiger charge is -2.07. The number of hydrogen-bond acceptors (Lipinski definition) is 3. The zero-order valence-electron chi connectivity index (χ0n) is 17.1. The SMILES string of the molecule is Cc1cc(NC(=O)CCn2nc(C(F)(F)F)cc2C2CC2)nn1Cc1ccc(Cl)c(Cl)c1. The van der Waals surface area contributed by atoms with E-state index in [1.54, 1.807) is 22.9 Å². The van der Waals surface area contributed by atoms with E-state index in [0.717, 1.165) is 30.2 Å². The molecule has 3 aromatic rings. The summed E-state index contributed by atoms with van der Waals surface area (Å²) in [6, 6.07) is 8.10. The fraction of sp³-hybridized carbons (Fsp3) is 0.381. The zero-order valence-corrected chi connectivity index (χ0v) is 18.6. The molecular formula is C21H20Cl2F3N5O. The molecule has 32 heavy (non-hydrogen) atoms. The molecule has 1 aliphatic rings. The molecule has 0 atom stereocenters. The van der Waals surface area contributed by atoms with Crippen LogP contribution in [0.3, 0.4) is 0 Å². The second-order valence-corrected chi connectivity index (χ2v) is 8.64. The smallest absolute Gasteiger partial charge is 0.309 e. The molecule has 170 valence electrons. The number of alkyl halides is 3. The minimum atomic E-state index is -4.50. The number of anilines is 1. The van der Waals surface area contributed by atoms with Crippen LogP contribution in [0.4, 0.5) is 19.0 Å². The number of nitrogens with zero attached hydrogens (tertiary/aromatic N) is 4. The van der Waals surface area contributed by atoms with Crippen LogP contribution in [0.5, 0.6) is 0 Å². The van der Waals surface area contributed by atoms with Crippen molar-refractivity contribution in [3.05, 3.63) is 63.0 Å². The number of amides is 1. The van der Waals surface area contributed by atoms with Crippen LogP contribution in [-0.2, 0) is 24.1 Å². The lowest BCUT2D eigenvalue weighted by atomic mass is 10.2. The Labute approximate surface area is 192 Å². The average Bonchev–Trinajstić information content (AvgIpc) is 3.36. The number of aromatic nitrogens is 4. The van der Waals surface area contributed by atoms with E-state index in [4.69, 9.17) is 23.2 Å². The van der Waals surface area contributed by atoms with Gasteiger partial charge in [0.1, 0.15) is 0 Å². The van der Waals surface area contributed by atoms with Gasteiger partial charge in [-0.15, -0.1) is 0 Å². The third-order valence-corrected chi connectivity index (χ3v) is 5.95. The summed E-state index contributed by atoms with van der Waals surface area (Å²) in [5, 5.41) is 11.7. The van der Waals surface area contributed by atoms with Crippen LogP contribution in [0.15, 0.2) is 30.3 Å².